The van der Waals surface area contributed by atoms with E-state index < -0.39 is 12.0 Å². The molecule has 6 rings (SSSR count). The number of carbonyl (C=O) groups is 1. The highest BCUT2D eigenvalue weighted by Crippen LogP contribution is 2.36. The highest BCUT2D eigenvalue weighted by Gasteiger charge is 2.35. The van der Waals surface area contributed by atoms with Crippen molar-refractivity contribution in [1.29, 1.82) is 0 Å². The average molecular weight is 580 g/mol. The number of ether oxygens (including phenoxy) is 1. The number of esters is 1. The van der Waals surface area contributed by atoms with Crippen molar-refractivity contribution in [1.82, 2.24) is 9.13 Å². The Morgan fingerprint density at radius 1 is 1.02 bits per heavy atom. The van der Waals surface area contributed by atoms with Gasteiger partial charge in [0, 0.05) is 27.5 Å². The molecule has 0 aliphatic carbocycles. The minimum absolute atomic E-state index is 0.179. The van der Waals surface area contributed by atoms with E-state index in [2.05, 4.69) is 55.7 Å². The first-order chi connectivity index (χ1) is 19.9. The van der Waals surface area contributed by atoms with Crippen molar-refractivity contribution in [3.8, 4) is 5.69 Å². The molecule has 1 aliphatic rings. The summed E-state index contributed by atoms with van der Waals surface area (Å²) in [5, 5.41) is 1.95. The zero-order valence-electron chi connectivity index (χ0n) is 23.3. The Kier molecular flexibility index (Phi) is 7.19. The third-order valence-corrected chi connectivity index (χ3v) is 9.11. The molecule has 0 radical (unpaired) electrons. The van der Waals surface area contributed by atoms with Gasteiger partial charge in [0.05, 0.1) is 22.4 Å². The lowest BCUT2D eigenvalue weighted by atomic mass is 9.97. The standard InChI is InChI=1S/C33H29N3O3S2/c1-5-39-32(38)28-29(23-12-7-6-8-13-23)34-33-36(30(28)26-15-10-16-40-26)31(37)27(41-33)19-24-18-21(3)35(22(24)4)25-14-9-11-20(2)17-25/h6-19,30H,5H2,1-4H3/b27-19+/t30-/m0/s1. The largest absolute Gasteiger partial charge is 0.463 e. The summed E-state index contributed by atoms with van der Waals surface area (Å²) in [5.74, 6) is -0.468. The maximum atomic E-state index is 14.1. The molecular formula is C33H29N3O3S2. The number of thiazole rings is 1. The van der Waals surface area contributed by atoms with Crippen LogP contribution in [0.15, 0.2) is 93.5 Å². The van der Waals surface area contributed by atoms with E-state index >= 15 is 0 Å². The monoisotopic (exact) mass is 579 g/mol. The molecule has 6 nitrogen and oxygen atoms in total. The molecule has 1 atom stereocenters. The number of aromatic nitrogens is 2. The third-order valence-electron chi connectivity index (χ3n) is 7.20. The van der Waals surface area contributed by atoms with Crippen molar-refractivity contribution in [2.24, 2.45) is 4.99 Å². The van der Waals surface area contributed by atoms with E-state index in [0.717, 1.165) is 33.1 Å². The summed E-state index contributed by atoms with van der Waals surface area (Å²) in [4.78, 5) is 34.0. The van der Waals surface area contributed by atoms with Crippen molar-refractivity contribution < 1.29 is 9.53 Å². The second-order valence-corrected chi connectivity index (χ2v) is 11.9. The number of hydrogen-bond donors (Lipinski definition) is 0. The van der Waals surface area contributed by atoms with Gasteiger partial charge in [-0.25, -0.2) is 9.79 Å². The van der Waals surface area contributed by atoms with Crippen molar-refractivity contribution >= 4 is 40.4 Å². The van der Waals surface area contributed by atoms with Gasteiger partial charge in [0.15, 0.2) is 4.80 Å². The van der Waals surface area contributed by atoms with E-state index in [1.54, 1.807) is 11.5 Å². The summed E-state index contributed by atoms with van der Waals surface area (Å²) < 4.78 is 9.95. The summed E-state index contributed by atoms with van der Waals surface area (Å²) in [6.07, 6.45) is 1.94. The van der Waals surface area contributed by atoms with Gasteiger partial charge in [0.25, 0.3) is 5.56 Å². The van der Waals surface area contributed by atoms with Crippen LogP contribution in [0.1, 0.15) is 45.9 Å². The van der Waals surface area contributed by atoms with Gasteiger partial charge in [-0.3, -0.25) is 9.36 Å². The van der Waals surface area contributed by atoms with Crippen LogP contribution in [0, 0.1) is 20.8 Å². The van der Waals surface area contributed by atoms with Crippen LogP contribution in [-0.2, 0) is 9.53 Å². The van der Waals surface area contributed by atoms with E-state index in [0.29, 0.717) is 20.6 Å². The van der Waals surface area contributed by atoms with Crippen LogP contribution < -0.4 is 14.9 Å². The van der Waals surface area contributed by atoms with Crippen LogP contribution in [0.5, 0.6) is 0 Å². The summed E-state index contributed by atoms with van der Waals surface area (Å²) in [6.45, 7) is 8.23. The molecule has 8 heteroatoms. The predicted octanol–water partition coefficient (Wildman–Crippen LogP) is 5.71. The molecule has 2 aromatic carbocycles. The zero-order valence-corrected chi connectivity index (χ0v) is 24.9. The van der Waals surface area contributed by atoms with Crippen molar-refractivity contribution in [2.75, 3.05) is 6.61 Å². The normalized spacial score (nSPS) is 15.1. The molecule has 0 fully saturated rings. The number of fused-ring (bicyclic) bond motifs is 1. The third kappa shape index (κ3) is 4.83. The number of carbonyl (C=O) groups excluding carboxylic acids is 1. The highest BCUT2D eigenvalue weighted by molar-refractivity contribution is 7.10. The van der Waals surface area contributed by atoms with Gasteiger partial charge in [-0.05, 0) is 74.5 Å². The molecule has 3 aromatic heterocycles. The number of hydrogen-bond acceptors (Lipinski definition) is 6. The lowest BCUT2D eigenvalue weighted by Gasteiger charge is -2.24. The Morgan fingerprint density at radius 3 is 2.54 bits per heavy atom. The smallest absolute Gasteiger partial charge is 0.338 e. The first kappa shape index (κ1) is 26.9. The highest BCUT2D eigenvalue weighted by atomic mass is 32.1. The summed E-state index contributed by atoms with van der Waals surface area (Å²) >= 11 is 2.85. The molecule has 0 spiro atoms. The Labute approximate surface area is 245 Å². The number of benzene rings is 2. The molecule has 0 saturated carbocycles. The SMILES string of the molecule is CCOC(=O)C1=C(c2ccccc2)N=c2s/c(=C/c3cc(C)n(-c4cccc(C)c4)c3C)c(=O)n2[C@H]1c1cccs1. The van der Waals surface area contributed by atoms with Crippen LogP contribution in [0.2, 0.25) is 0 Å². The number of aryl methyl sites for hydroxylation is 2. The molecule has 1 aliphatic heterocycles. The van der Waals surface area contributed by atoms with E-state index in [1.807, 2.05) is 53.9 Å². The van der Waals surface area contributed by atoms with Gasteiger partial charge in [-0.2, -0.15) is 0 Å². The molecule has 41 heavy (non-hydrogen) atoms. The van der Waals surface area contributed by atoms with Crippen molar-refractivity contribution in [2.45, 2.75) is 33.7 Å². The number of nitrogens with zero attached hydrogens (tertiary/aromatic N) is 3. The lowest BCUT2D eigenvalue weighted by molar-refractivity contribution is -0.138. The fourth-order valence-corrected chi connectivity index (χ4v) is 7.21. The van der Waals surface area contributed by atoms with Gasteiger partial charge >= 0.3 is 5.97 Å². The minimum Gasteiger partial charge on any atom is -0.463 e. The summed E-state index contributed by atoms with van der Waals surface area (Å²) in [7, 11) is 0. The van der Waals surface area contributed by atoms with E-state index in [-0.39, 0.29) is 12.2 Å². The van der Waals surface area contributed by atoms with Gasteiger partial charge in [0.2, 0.25) is 0 Å². The van der Waals surface area contributed by atoms with Crippen LogP contribution >= 0.6 is 22.7 Å². The molecule has 4 heterocycles. The molecule has 0 unspecified atom stereocenters. The quantitative estimate of drug-likeness (QED) is 0.242. The van der Waals surface area contributed by atoms with E-state index in [1.165, 1.54) is 28.2 Å². The first-order valence-electron chi connectivity index (χ1n) is 13.4. The Hall–Kier alpha value is -4.27. The first-order valence-corrected chi connectivity index (χ1v) is 15.1. The second-order valence-electron chi connectivity index (χ2n) is 9.95. The fourth-order valence-electron chi connectivity index (χ4n) is 5.40. The van der Waals surface area contributed by atoms with Gasteiger partial charge in [-0.1, -0.05) is 59.9 Å². The topological polar surface area (TPSA) is 65.6 Å². The maximum absolute atomic E-state index is 14.1. The summed E-state index contributed by atoms with van der Waals surface area (Å²) in [6, 6.07) is 23.3. The Balaban J connectivity index is 1.58. The Morgan fingerprint density at radius 2 is 1.83 bits per heavy atom. The molecule has 0 amide bonds. The molecular weight excluding hydrogens is 551 g/mol. The number of rotatable bonds is 6. The molecule has 0 bridgehead atoms. The molecule has 0 saturated heterocycles. The van der Waals surface area contributed by atoms with Crippen molar-refractivity contribution in [3.05, 3.63) is 136 Å². The van der Waals surface area contributed by atoms with Crippen LogP contribution in [0.25, 0.3) is 17.5 Å². The van der Waals surface area contributed by atoms with Gasteiger partial charge in [0.1, 0.15) is 6.04 Å². The number of thiophene rings is 1. The molecule has 5 aromatic rings. The van der Waals surface area contributed by atoms with Crippen LogP contribution in [0.3, 0.4) is 0 Å². The average Bonchev–Trinajstić information content (AvgIpc) is 3.67. The van der Waals surface area contributed by atoms with E-state index in [9.17, 15) is 9.59 Å². The molecule has 206 valence electrons. The minimum atomic E-state index is -0.637. The van der Waals surface area contributed by atoms with Gasteiger partial charge < -0.3 is 9.30 Å². The second kappa shape index (κ2) is 11.0. The lowest BCUT2D eigenvalue weighted by Crippen LogP contribution is -2.39. The van der Waals surface area contributed by atoms with E-state index in [4.69, 9.17) is 9.73 Å². The molecule has 0 N–H and O–H groups in total. The van der Waals surface area contributed by atoms with Crippen molar-refractivity contribution in [3.63, 3.8) is 0 Å². The van der Waals surface area contributed by atoms with Crippen LogP contribution in [-0.4, -0.2) is 21.7 Å². The fraction of sp³-hybridized carbons (Fsp3) is 0.182. The van der Waals surface area contributed by atoms with Crippen LogP contribution in [0.4, 0.5) is 0 Å². The zero-order chi connectivity index (χ0) is 28.7. The van der Waals surface area contributed by atoms with Gasteiger partial charge in [-0.15, -0.1) is 11.3 Å². The Bertz CT molecular complexity index is 1980. The maximum Gasteiger partial charge on any atom is 0.338 e. The summed E-state index contributed by atoms with van der Waals surface area (Å²) in [5.41, 5.74) is 6.90. The predicted molar refractivity (Wildman–Crippen MR) is 165 cm³/mol.